The van der Waals surface area contributed by atoms with Gasteiger partial charge in [-0.15, -0.1) is 0 Å². The highest BCUT2D eigenvalue weighted by Crippen LogP contribution is 2.38. The largest absolute Gasteiger partial charge is 0.299 e. The van der Waals surface area contributed by atoms with Crippen LogP contribution >= 0.6 is 0 Å². The predicted molar refractivity (Wildman–Crippen MR) is 94.1 cm³/mol. The second-order valence-corrected chi connectivity index (χ2v) is 6.45. The van der Waals surface area contributed by atoms with Crippen molar-refractivity contribution in [2.45, 2.75) is 38.0 Å². The molecule has 0 aliphatic heterocycles. The molecule has 2 aromatic rings. The summed E-state index contributed by atoms with van der Waals surface area (Å²) in [5, 5.41) is 0. The molecule has 1 heteroatoms. The molecule has 2 atom stereocenters. The van der Waals surface area contributed by atoms with Gasteiger partial charge in [-0.25, -0.2) is 0 Å². The van der Waals surface area contributed by atoms with Gasteiger partial charge in [-0.2, -0.15) is 0 Å². The van der Waals surface area contributed by atoms with Crippen molar-refractivity contribution in [3.8, 4) is 11.8 Å². The third-order valence-electron chi connectivity index (χ3n) is 4.87. The second kappa shape index (κ2) is 6.84. The highest BCUT2D eigenvalue weighted by Gasteiger charge is 2.40. The van der Waals surface area contributed by atoms with Gasteiger partial charge in [0.25, 0.3) is 0 Å². The van der Waals surface area contributed by atoms with E-state index in [9.17, 15) is 4.79 Å². The highest BCUT2D eigenvalue weighted by molar-refractivity contribution is 5.84. The molecule has 1 aliphatic carbocycles. The van der Waals surface area contributed by atoms with E-state index in [4.69, 9.17) is 0 Å². The van der Waals surface area contributed by atoms with E-state index in [1.165, 1.54) is 0 Å². The molecule has 2 aromatic carbocycles. The Morgan fingerprint density at radius 2 is 1.61 bits per heavy atom. The van der Waals surface area contributed by atoms with E-state index in [1.807, 2.05) is 48.5 Å². The molecule has 0 amide bonds. The Morgan fingerprint density at radius 3 is 2.26 bits per heavy atom. The molecule has 1 fully saturated rings. The van der Waals surface area contributed by atoms with Crippen LogP contribution in [-0.2, 0) is 10.2 Å². The molecule has 1 aliphatic rings. The second-order valence-electron chi connectivity index (χ2n) is 6.45. The summed E-state index contributed by atoms with van der Waals surface area (Å²) in [5.41, 5.74) is 1.72. The van der Waals surface area contributed by atoms with E-state index in [1.54, 1.807) is 0 Å². The van der Waals surface area contributed by atoms with Crippen molar-refractivity contribution in [3.05, 3.63) is 71.8 Å². The van der Waals surface area contributed by atoms with Gasteiger partial charge in [-0.1, -0.05) is 66.8 Å². The van der Waals surface area contributed by atoms with Crippen molar-refractivity contribution in [1.82, 2.24) is 0 Å². The van der Waals surface area contributed by atoms with Gasteiger partial charge in [-0.05, 0) is 37.5 Å². The molecule has 3 rings (SSSR count). The number of ketones is 1. The molecule has 2 unspecified atom stereocenters. The van der Waals surface area contributed by atoms with E-state index in [0.29, 0.717) is 12.2 Å². The van der Waals surface area contributed by atoms with Gasteiger partial charge in [-0.3, -0.25) is 4.79 Å². The topological polar surface area (TPSA) is 17.1 Å². The lowest BCUT2D eigenvalue weighted by atomic mass is 9.66. The predicted octanol–water partition coefficient (Wildman–Crippen LogP) is 4.76. The van der Waals surface area contributed by atoms with Crippen LogP contribution in [0.15, 0.2) is 60.7 Å². The number of carbonyl (C=O) groups excluding carboxylic acids is 1. The molecule has 116 valence electrons. The zero-order valence-electron chi connectivity index (χ0n) is 13.6. The molecule has 1 nitrogen and oxygen atoms in total. The molecule has 1 saturated carbocycles. The fraction of sp³-hybridized carbons (Fsp3) is 0.318. The molecular formula is C22H22O. The third kappa shape index (κ3) is 3.37. The monoisotopic (exact) mass is 302 g/mol. The summed E-state index contributed by atoms with van der Waals surface area (Å²) >= 11 is 0. The number of carbonyl (C=O) groups is 1. The summed E-state index contributed by atoms with van der Waals surface area (Å²) in [6.45, 7) is 2.13. The van der Waals surface area contributed by atoms with E-state index in [-0.39, 0.29) is 5.92 Å². The molecule has 0 spiro atoms. The lowest BCUT2D eigenvalue weighted by molar-refractivity contribution is -0.126. The number of Topliss-reactive ketones (excluding diaryl/α,β-unsaturated/α-hetero) is 1. The maximum absolute atomic E-state index is 12.6. The summed E-state index contributed by atoms with van der Waals surface area (Å²) in [7, 11) is 0. The van der Waals surface area contributed by atoms with E-state index >= 15 is 0 Å². The molecular weight excluding hydrogens is 280 g/mol. The van der Waals surface area contributed by atoms with Gasteiger partial charge >= 0.3 is 0 Å². The van der Waals surface area contributed by atoms with Crippen LogP contribution in [0.2, 0.25) is 0 Å². The lowest BCUT2D eigenvalue weighted by Crippen LogP contribution is -2.38. The van der Waals surface area contributed by atoms with E-state index in [0.717, 1.165) is 30.4 Å². The minimum absolute atomic E-state index is 0.00476. The minimum Gasteiger partial charge on any atom is -0.299 e. The lowest BCUT2D eigenvalue weighted by Gasteiger charge is -2.35. The van der Waals surface area contributed by atoms with Crippen molar-refractivity contribution in [2.24, 2.45) is 5.92 Å². The average molecular weight is 302 g/mol. The van der Waals surface area contributed by atoms with Gasteiger partial charge in [0, 0.05) is 17.9 Å². The van der Waals surface area contributed by atoms with Crippen molar-refractivity contribution >= 4 is 5.78 Å². The SMILES string of the molecule is CC(C#Cc1ccccc1)(c1ccccc1)C1CCCCC1=O. The Hall–Kier alpha value is -2.33. The Bertz CT molecular complexity index is 721. The number of hydrogen-bond acceptors (Lipinski definition) is 1. The maximum Gasteiger partial charge on any atom is 0.137 e. The standard InChI is InChI=1S/C22H22O/c1-22(19-12-6-3-7-13-19,20-14-8-9-15-21(20)23)17-16-18-10-4-2-5-11-18/h2-7,10-13,20H,8-9,14-15H2,1H3. The molecule has 0 aromatic heterocycles. The maximum atomic E-state index is 12.6. The Morgan fingerprint density at radius 1 is 0.957 bits per heavy atom. The fourth-order valence-electron chi connectivity index (χ4n) is 3.46. The fourth-order valence-corrected chi connectivity index (χ4v) is 3.46. The Kier molecular flexibility index (Phi) is 4.63. The van der Waals surface area contributed by atoms with E-state index < -0.39 is 5.41 Å². The number of benzene rings is 2. The zero-order chi connectivity index (χ0) is 16.1. The van der Waals surface area contributed by atoms with Gasteiger partial charge < -0.3 is 0 Å². The number of hydrogen-bond donors (Lipinski definition) is 0. The van der Waals surface area contributed by atoms with Crippen LogP contribution in [0.5, 0.6) is 0 Å². The zero-order valence-corrected chi connectivity index (χ0v) is 13.6. The summed E-state index contributed by atoms with van der Waals surface area (Å²) in [6.07, 6.45) is 3.77. The van der Waals surface area contributed by atoms with Crippen molar-refractivity contribution in [3.63, 3.8) is 0 Å². The van der Waals surface area contributed by atoms with Crippen LogP contribution in [0.4, 0.5) is 0 Å². The smallest absolute Gasteiger partial charge is 0.137 e. The average Bonchev–Trinajstić information content (AvgIpc) is 2.62. The normalized spacial score (nSPS) is 20.2. The van der Waals surface area contributed by atoms with Crippen LogP contribution in [-0.4, -0.2) is 5.78 Å². The quantitative estimate of drug-likeness (QED) is 0.731. The van der Waals surface area contributed by atoms with Crippen molar-refractivity contribution < 1.29 is 4.79 Å². The highest BCUT2D eigenvalue weighted by atomic mass is 16.1. The number of rotatable bonds is 2. The van der Waals surface area contributed by atoms with Gasteiger partial charge in [0.15, 0.2) is 0 Å². The summed E-state index contributed by atoms with van der Waals surface area (Å²) < 4.78 is 0. The first-order valence-corrected chi connectivity index (χ1v) is 8.36. The van der Waals surface area contributed by atoms with Crippen LogP contribution in [0.3, 0.4) is 0 Å². The first-order chi connectivity index (χ1) is 11.2. The molecule has 0 radical (unpaired) electrons. The van der Waals surface area contributed by atoms with Crippen molar-refractivity contribution in [1.29, 1.82) is 0 Å². The minimum atomic E-state index is -0.422. The Balaban J connectivity index is 2.04. The van der Waals surface area contributed by atoms with Gasteiger partial charge in [0.1, 0.15) is 5.78 Å². The Labute approximate surface area is 138 Å². The summed E-state index contributed by atoms with van der Waals surface area (Å²) in [6, 6.07) is 20.3. The van der Waals surface area contributed by atoms with Gasteiger partial charge in [0.2, 0.25) is 0 Å². The van der Waals surface area contributed by atoms with Crippen LogP contribution in [0.1, 0.15) is 43.7 Å². The third-order valence-corrected chi connectivity index (χ3v) is 4.87. The van der Waals surface area contributed by atoms with Crippen LogP contribution in [0, 0.1) is 17.8 Å². The van der Waals surface area contributed by atoms with Gasteiger partial charge in [0.05, 0.1) is 5.41 Å². The molecule has 0 N–H and O–H groups in total. The molecule has 0 saturated heterocycles. The first kappa shape index (κ1) is 15.6. The van der Waals surface area contributed by atoms with E-state index in [2.05, 4.69) is 30.9 Å². The van der Waals surface area contributed by atoms with Crippen LogP contribution < -0.4 is 0 Å². The molecule has 0 heterocycles. The summed E-state index contributed by atoms with van der Waals surface area (Å²) in [4.78, 5) is 12.6. The van der Waals surface area contributed by atoms with Crippen LogP contribution in [0.25, 0.3) is 0 Å². The first-order valence-electron chi connectivity index (χ1n) is 8.36. The summed E-state index contributed by atoms with van der Waals surface area (Å²) in [5.74, 6) is 7.12. The molecule has 23 heavy (non-hydrogen) atoms. The molecule has 0 bridgehead atoms. The van der Waals surface area contributed by atoms with Crippen molar-refractivity contribution in [2.75, 3.05) is 0 Å².